The van der Waals surface area contributed by atoms with Crippen LogP contribution in [0.15, 0.2) is 34.4 Å². The molecule has 146 valence electrons. The van der Waals surface area contributed by atoms with E-state index in [1.54, 1.807) is 11.4 Å². The maximum Gasteiger partial charge on any atom is 0.306 e. The van der Waals surface area contributed by atoms with E-state index >= 15 is 0 Å². The third-order valence-electron chi connectivity index (χ3n) is 5.01. The number of aliphatic carboxylic acids is 1. The molecule has 0 aliphatic carbocycles. The first kappa shape index (κ1) is 18.5. The highest BCUT2D eigenvalue weighted by Gasteiger charge is 2.27. The highest BCUT2D eigenvalue weighted by atomic mass is 32.1. The van der Waals surface area contributed by atoms with Crippen LogP contribution in [0.2, 0.25) is 0 Å². The van der Waals surface area contributed by atoms with E-state index in [9.17, 15) is 23.5 Å². The molecule has 1 aromatic carbocycles. The molecule has 0 spiro atoms. The van der Waals surface area contributed by atoms with Crippen molar-refractivity contribution in [1.29, 1.82) is 0 Å². The van der Waals surface area contributed by atoms with Gasteiger partial charge >= 0.3 is 5.97 Å². The maximum atomic E-state index is 14.2. The van der Waals surface area contributed by atoms with E-state index in [-0.39, 0.29) is 17.7 Å². The molecule has 0 unspecified atom stereocenters. The lowest BCUT2D eigenvalue weighted by atomic mass is 9.97. The first-order valence-corrected chi connectivity index (χ1v) is 9.71. The van der Waals surface area contributed by atoms with E-state index in [0.29, 0.717) is 42.1 Å². The Kier molecular flexibility index (Phi) is 4.84. The molecule has 0 atom stereocenters. The maximum absolute atomic E-state index is 14.2. The van der Waals surface area contributed by atoms with Gasteiger partial charge in [-0.2, -0.15) is 0 Å². The zero-order chi connectivity index (χ0) is 19.8. The van der Waals surface area contributed by atoms with E-state index in [1.807, 2.05) is 4.90 Å². The van der Waals surface area contributed by atoms with Crippen molar-refractivity contribution in [2.75, 3.05) is 18.0 Å². The minimum absolute atomic E-state index is 0.0569. The second-order valence-corrected chi connectivity index (χ2v) is 7.69. The van der Waals surface area contributed by atoms with Gasteiger partial charge in [-0.05, 0) is 42.5 Å². The molecule has 6 nitrogen and oxygen atoms in total. The molecule has 0 radical (unpaired) electrons. The molecule has 0 amide bonds. The van der Waals surface area contributed by atoms with Crippen molar-refractivity contribution < 1.29 is 18.7 Å². The van der Waals surface area contributed by atoms with Gasteiger partial charge in [-0.25, -0.2) is 13.8 Å². The molecule has 0 bridgehead atoms. The first-order valence-electron chi connectivity index (χ1n) is 8.84. The summed E-state index contributed by atoms with van der Waals surface area (Å²) in [6, 6.07) is 4.87. The summed E-state index contributed by atoms with van der Waals surface area (Å²) in [5.41, 5.74) is 0.279. The number of carboxylic acid groups (broad SMARTS) is 1. The number of piperidine rings is 1. The lowest BCUT2D eigenvalue weighted by Gasteiger charge is -2.32. The summed E-state index contributed by atoms with van der Waals surface area (Å²) in [7, 11) is 0. The van der Waals surface area contributed by atoms with Crippen molar-refractivity contribution in [2.45, 2.75) is 19.4 Å². The van der Waals surface area contributed by atoms with Gasteiger partial charge in [0, 0.05) is 18.7 Å². The van der Waals surface area contributed by atoms with E-state index < -0.39 is 23.5 Å². The Morgan fingerprint density at radius 3 is 2.71 bits per heavy atom. The van der Waals surface area contributed by atoms with Crippen LogP contribution < -0.4 is 10.5 Å². The van der Waals surface area contributed by atoms with Crippen LogP contribution in [0.3, 0.4) is 0 Å². The molecule has 1 N–H and O–H groups in total. The topological polar surface area (TPSA) is 75.4 Å². The molecular weight excluding hydrogens is 388 g/mol. The summed E-state index contributed by atoms with van der Waals surface area (Å²) in [5, 5.41) is 11.0. The third-order valence-corrected chi connectivity index (χ3v) is 5.90. The fourth-order valence-electron chi connectivity index (χ4n) is 3.48. The number of benzene rings is 1. The number of fused-ring (bicyclic) bond motifs is 1. The predicted molar refractivity (Wildman–Crippen MR) is 102 cm³/mol. The van der Waals surface area contributed by atoms with E-state index in [4.69, 9.17) is 0 Å². The van der Waals surface area contributed by atoms with Crippen LogP contribution in [0.1, 0.15) is 18.4 Å². The summed E-state index contributed by atoms with van der Waals surface area (Å²) in [6.07, 6.45) is 0.864. The third kappa shape index (κ3) is 3.37. The van der Waals surface area contributed by atoms with Crippen molar-refractivity contribution in [2.24, 2.45) is 5.92 Å². The lowest BCUT2D eigenvalue weighted by molar-refractivity contribution is -0.142. The number of rotatable bonds is 4. The summed E-state index contributed by atoms with van der Waals surface area (Å²) < 4.78 is 29.6. The Morgan fingerprint density at radius 2 is 2.00 bits per heavy atom. The van der Waals surface area contributed by atoms with E-state index in [1.165, 1.54) is 15.9 Å². The minimum Gasteiger partial charge on any atom is -0.481 e. The number of carboxylic acids is 1. The molecule has 28 heavy (non-hydrogen) atoms. The van der Waals surface area contributed by atoms with Gasteiger partial charge in [-0.15, -0.1) is 11.3 Å². The molecule has 3 heterocycles. The van der Waals surface area contributed by atoms with Gasteiger partial charge in [0.05, 0.1) is 18.0 Å². The number of nitrogens with zero attached hydrogens (tertiary/aromatic N) is 3. The SMILES string of the molecule is O=C(O)C1CCN(c2nc3ccsc3c(=O)n2Cc2cc(F)ccc2F)CC1. The van der Waals surface area contributed by atoms with Crippen molar-refractivity contribution in [1.82, 2.24) is 9.55 Å². The van der Waals surface area contributed by atoms with Crippen LogP contribution in [-0.4, -0.2) is 33.7 Å². The number of hydrogen-bond donors (Lipinski definition) is 1. The van der Waals surface area contributed by atoms with Crippen LogP contribution in [0.5, 0.6) is 0 Å². The van der Waals surface area contributed by atoms with Crippen LogP contribution in [-0.2, 0) is 11.3 Å². The second-order valence-electron chi connectivity index (χ2n) is 6.77. The van der Waals surface area contributed by atoms with Crippen LogP contribution in [0.25, 0.3) is 10.2 Å². The molecule has 1 fully saturated rings. The fourth-order valence-corrected chi connectivity index (χ4v) is 4.26. The molecule has 4 rings (SSSR count). The van der Waals surface area contributed by atoms with Gasteiger partial charge in [0.2, 0.25) is 5.95 Å². The fraction of sp³-hybridized carbons (Fsp3) is 0.316. The molecule has 0 saturated carbocycles. The molecule has 2 aromatic heterocycles. The average molecular weight is 405 g/mol. The monoisotopic (exact) mass is 405 g/mol. The van der Waals surface area contributed by atoms with Gasteiger partial charge < -0.3 is 10.0 Å². The molecule has 1 aliphatic rings. The number of carbonyl (C=O) groups is 1. The van der Waals surface area contributed by atoms with Crippen molar-refractivity contribution in [3.8, 4) is 0 Å². The Labute approximate surface area is 162 Å². The quantitative estimate of drug-likeness (QED) is 0.722. The van der Waals surface area contributed by atoms with Crippen LogP contribution in [0.4, 0.5) is 14.7 Å². The second kappa shape index (κ2) is 7.31. The van der Waals surface area contributed by atoms with Gasteiger partial charge in [0.15, 0.2) is 0 Å². The van der Waals surface area contributed by atoms with Gasteiger partial charge in [-0.1, -0.05) is 0 Å². The standard InChI is InChI=1S/C19H17F2N3O3S/c20-13-1-2-14(21)12(9-13)10-24-17(25)16-15(5-8-28-16)22-19(24)23-6-3-11(4-7-23)18(26)27/h1-2,5,8-9,11H,3-4,6-7,10H2,(H,26,27). The van der Waals surface area contributed by atoms with E-state index in [2.05, 4.69) is 4.98 Å². The number of hydrogen-bond acceptors (Lipinski definition) is 5. The number of aromatic nitrogens is 2. The van der Waals surface area contributed by atoms with Gasteiger partial charge in [-0.3, -0.25) is 14.2 Å². The minimum atomic E-state index is -0.833. The zero-order valence-corrected chi connectivity index (χ0v) is 15.6. The van der Waals surface area contributed by atoms with Crippen molar-refractivity contribution in [3.63, 3.8) is 0 Å². The summed E-state index contributed by atoms with van der Waals surface area (Å²) in [4.78, 5) is 30.6. The highest BCUT2D eigenvalue weighted by molar-refractivity contribution is 7.17. The number of halogens is 2. The zero-order valence-electron chi connectivity index (χ0n) is 14.8. The van der Waals surface area contributed by atoms with E-state index in [0.717, 1.165) is 18.2 Å². The Balaban J connectivity index is 1.77. The number of anilines is 1. The summed E-state index contributed by atoms with van der Waals surface area (Å²) in [6.45, 7) is 0.687. The lowest BCUT2D eigenvalue weighted by Crippen LogP contribution is -2.40. The Hall–Kier alpha value is -2.81. The van der Waals surface area contributed by atoms with Crippen molar-refractivity contribution in [3.05, 3.63) is 57.2 Å². The molecule has 1 saturated heterocycles. The number of thiophene rings is 1. The molecule has 9 heteroatoms. The largest absolute Gasteiger partial charge is 0.481 e. The van der Waals surface area contributed by atoms with Gasteiger partial charge in [0.1, 0.15) is 16.3 Å². The Morgan fingerprint density at radius 1 is 1.25 bits per heavy atom. The van der Waals surface area contributed by atoms with Crippen LogP contribution >= 0.6 is 11.3 Å². The smallest absolute Gasteiger partial charge is 0.306 e. The normalized spacial score (nSPS) is 15.3. The summed E-state index contributed by atoms with van der Waals surface area (Å²) in [5.74, 6) is -2.10. The molecule has 3 aromatic rings. The van der Waals surface area contributed by atoms with Crippen molar-refractivity contribution >= 4 is 33.5 Å². The first-order chi connectivity index (χ1) is 13.4. The highest BCUT2D eigenvalue weighted by Crippen LogP contribution is 2.25. The Bertz CT molecular complexity index is 1100. The van der Waals surface area contributed by atoms with Crippen LogP contribution in [0, 0.1) is 17.6 Å². The molecular formula is C19H17F2N3O3S. The summed E-state index contributed by atoms with van der Waals surface area (Å²) >= 11 is 1.25. The predicted octanol–water partition coefficient (Wildman–Crippen LogP) is 3.09. The molecule has 1 aliphatic heterocycles. The van der Waals surface area contributed by atoms with Gasteiger partial charge in [0.25, 0.3) is 5.56 Å². The average Bonchev–Trinajstić information content (AvgIpc) is 3.15.